The van der Waals surface area contributed by atoms with Gasteiger partial charge >= 0.3 is 0 Å². The van der Waals surface area contributed by atoms with E-state index in [-0.39, 0.29) is 0 Å². The van der Waals surface area contributed by atoms with Crippen LogP contribution in [-0.4, -0.2) is 23.1 Å². The topological polar surface area (TPSA) is 23.5 Å². The average molecular weight is 205 g/mol. The van der Waals surface area contributed by atoms with Crippen molar-refractivity contribution in [2.45, 2.75) is 26.3 Å². The van der Waals surface area contributed by atoms with Crippen LogP contribution in [0.3, 0.4) is 0 Å². The van der Waals surface area contributed by atoms with Gasteiger partial charge in [0.15, 0.2) is 0 Å². The summed E-state index contributed by atoms with van der Waals surface area (Å²) in [4.78, 5) is 2.43. The monoisotopic (exact) mass is 205 g/mol. The number of likely N-dealkylation sites (tertiary alicyclic amines) is 1. The standard InChI is InChI=1S/C13H19NO/c1-2-11-7-8-14(9-11)10-12-5-3-4-6-13(12)15/h3-6,11,15H,2,7-10H2,1H3. The van der Waals surface area contributed by atoms with Crippen LogP contribution in [0, 0.1) is 5.92 Å². The zero-order valence-electron chi connectivity index (χ0n) is 9.32. The van der Waals surface area contributed by atoms with Crippen LogP contribution >= 0.6 is 0 Å². The SMILES string of the molecule is CCC1CCN(Cc2ccccc2O)C1. The Labute approximate surface area is 91.5 Å². The summed E-state index contributed by atoms with van der Waals surface area (Å²) in [7, 11) is 0. The maximum Gasteiger partial charge on any atom is 0.120 e. The Balaban J connectivity index is 1.96. The molecule has 0 radical (unpaired) electrons. The van der Waals surface area contributed by atoms with Gasteiger partial charge in [0.1, 0.15) is 5.75 Å². The van der Waals surface area contributed by atoms with E-state index in [0.29, 0.717) is 5.75 Å². The molecule has 1 aliphatic rings. The molecule has 1 atom stereocenters. The minimum atomic E-state index is 0.428. The van der Waals surface area contributed by atoms with Crippen LogP contribution in [0.1, 0.15) is 25.3 Å². The number of hydrogen-bond donors (Lipinski definition) is 1. The fourth-order valence-electron chi connectivity index (χ4n) is 2.28. The van der Waals surface area contributed by atoms with E-state index in [9.17, 15) is 5.11 Å². The number of nitrogens with zero attached hydrogens (tertiary/aromatic N) is 1. The third-order valence-corrected chi connectivity index (χ3v) is 3.33. The third kappa shape index (κ3) is 2.51. The van der Waals surface area contributed by atoms with E-state index in [1.165, 1.54) is 25.9 Å². The molecular formula is C13H19NO. The molecule has 1 aromatic carbocycles. The summed E-state index contributed by atoms with van der Waals surface area (Å²) in [6.07, 6.45) is 2.58. The Morgan fingerprint density at radius 1 is 1.40 bits per heavy atom. The molecule has 1 unspecified atom stereocenters. The quantitative estimate of drug-likeness (QED) is 0.820. The van der Waals surface area contributed by atoms with Gasteiger partial charge < -0.3 is 5.11 Å². The third-order valence-electron chi connectivity index (χ3n) is 3.33. The van der Waals surface area contributed by atoms with Crippen molar-refractivity contribution in [1.29, 1.82) is 0 Å². The van der Waals surface area contributed by atoms with Gasteiger partial charge in [0.05, 0.1) is 0 Å². The summed E-state index contributed by atoms with van der Waals surface area (Å²) >= 11 is 0. The lowest BCUT2D eigenvalue weighted by atomic mass is 10.1. The molecule has 2 rings (SSSR count). The molecule has 15 heavy (non-hydrogen) atoms. The second-order valence-corrected chi connectivity index (χ2v) is 4.43. The van der Waals surface area contributed by atoms with E-state index in [2.05, 4.69) is 11.8 Å². The molecule has 1 saturated heterocycles. The van der Waals surface area contributed by atoms with Crippen molar-refractivity contribution in [2.75, 3.05) is 13.1 Å². The minimum absolute atomic E-state index is 0.428. The number of phenols is 1. The zero-order chi connectivity index (χ0) is 10.7. The molecule has 0 spiro atoms. The Morgan fingerprint density at radius 2 is 2.20 bits per heavy atom. The first kappa shape index (κ1) is 10.5. The van der Waals surface area contributed by atoms with E-state index in [1.54, 1.807) is 6.07 Å². The molecule has 82 valence electrons. The van der Waals surface area contributed by atoms with E-state index < -0.39 is 0 Å². The highest BCUT2D eigenvalue weighted by molar-refractivity contribution is 5.31. The molecule has 2 heteroatoms. The Morgan fingerprint density at radius 3 is 2.87 bits per heavy atom. The van der Waals surface area contributed by atoms with E-state index >= 15 is 0 Å². The smallest absolute Gasteiger partial charge is 0.120 e. The van der Waals surface area contributed by atoms with Gasteiger partial charge in [0, 0.05) is 18.7 Å². The highest BCUT2D eigenvalue weighted by Crippen LogP contribution is 2.24. The maximum atomic E-state index is 9.67. The van der Waals surface area contributed by atoms with Crippen molar-refractivity contribution >= 4 is 0 Å². The first-order chi connectivity index (χ1) is 7.29. The molecule has 1 fully saturated rings. The van der Waals surface area contributed by atoms with E-state index in [1.807, 2.05) is 18.2 Å². The van der Waals surface area contributed by atoms with Crippen molar-refractivity contribution in [3.8, 4) is 5.75 Å². The van der Waals surface area contributed by atoms with Gasteiger partial charge in [-0.3, -0.25) is 4.90 Å². The van der Waals surface area contributed by atoms with Crippen LogP contribution in [-0.2, 0) is 6.54 Å². The molecule has 1 heterocycles. The summed E-state index contributed by atoms with van der Waals surface area (Å²) in [5, 5.41) is 9.67. The highest BCUT2D eigenvalue weighted by atomic mass is 16.3. The molecule has 0 saturated carbocycles. The number of para-hydroxylation sites is 1. The fourth-order valence-corrected chi connectivity index (χ4v) is 2.28. The molecule has 0 bridgehead atoms. The van der Waals surface area contributed by atoms with Crippen LogP contribution in [0.5, 0.6) is 5.75 Å². The molecule has 0 aliphatic carbocycles. The number of phenolic OH excluding ortho intramolecular Hbond substituents is 1. The van der Waals surface area contributed by atoms with Crippen LogP contribution in [0.2, 0.25) is 0 Å². The highest BCUT2D eigenvalue weighted by Gasteiger charge is 2.21. The Bertz CT molecular complexity index is 324. The normalized spacial score (nSPS) is 22.1. The van der Waals surface area contributed by atoms with Crippen molar-refractivity contribution in [3.63, 3.8) is 0 Å². The predicted octanol–water partition coefficient (Wildman–Crippen LogP) is 2.62. The number of benzene rings is 1. The number of hydrogen-bond acceptors (Lipinski definition) is 2. The first-order valence-electron chi connectivity index (χ1n) is 5.79. The first-order valence-corrected chi connectivity index (χ1v) is 5.79. The van der Waals surface area contributed by atoms with Crippen molar-refractivity contribution in [3.05, 3.63) is 29.8 Å². The van der Waals surface area contributed by atoms with Crippen molar-refractivity contribution in [1.82, 2.24) is 4.90 Å². The molecule has 1 N–H and O–H groups in total. The van der Waals surface area contributed by atoms with Gasteiger partial charge in [-0.1, -0.05) is 31.5 Å². The van der Waals surface area contributed by atoms with Crippen molar-refractivity contribution in [2.24, 2.45) is 5.92 Å². The van der Waals surface area contributed by atoms with Gasteiger partial charge in [0.2, 0.25) is 0 Å². The molecule has 0 aromatic heterocycles. The van der Waals surface area contributed by atoms with Gasteiger partial charge in [-0.25, -0.2) is 0 Å². The lowest BCUT2D eigenvalue weighted by molar-refractivity contribution is 0.309. The van der Waals surface area contributed by atoms with Gasteiger partial charge in [0.25, 0.3) is 0 Å². The summed E-state index contributed by atoms with van der Waals surface area (Å²) in [6, 6.07) is 7.64. The van der Waals surface area contributed by atoms with Gasteiger partial charge in [-0.2, -0.15) is 0 Å². The molecule has 0 amide bonds. The zero-order valence-corrected chi connectivity index (χ0v) is 9.32. The minimum Gasteiger partial charge on any atom is -0.508 e. The Kier molecular flexibility index (Phi) is 3.27. The lowest BCUT2D eigenvalue weighted by Gasteiger charge is -2.16. The summed E-state index contributed by atoms with van der Waals surface area (Å²) in [5.74, 6) is 1.29. The summed E-state index contributed by atoms with van der Waals surface area (Å²) in [5.41, 5.74) is 1.05. The maximum absolute atomic E-state index is 9.67. The average Bonchev–Trinajstić information content (AvgIpc) is 2.69. The summed E-state index contributed by atoms with van der Waals surface area (Å²) in [6.45, 7) is 5.51. The molecule has 1 aliphatic heterocycles. The van der Waals surface area contributed by atoms with Crippen LogP contribution in [0.4, 0.5) is 0 Å². The fraction of sp³-hybridized carbons (Fsp3) is 0.538. The molecule has 2 nitrogen and oxygen atoms in total. The second kappa shape index (κ2) is 4.67. The van der Waals surface area contributed by atoms with Crippen LogP contribution in [0.25, 0.3) is 0 Å². The second-order valence-electron chi connectivity index (χ2n) is 4.43. The largest absolute Gasteiger partial charge is 0.508 e. The van der Waals surface area contributed by atoms with E-state index in [0.717, 1.165) is 18.0 Å². The van der Waals surface area contributed by atoms with Gasteiger partial charge in [-0.15, -0.1) is 0 Å². The molecular weight excluding hydrogens is 186 g/mol. The lowest BCUT2D eigenvalue weighted by Crippen LogP contribution is -2.19. The van der Waals surface area contributed by atoms with Gasteiger partial charge in [-0.05, 0) is 24.9 Å². The van der Waals surface area contributed by atoms with E-state index in [4.69, 9.17) is 0 Å². The van der Waals surface area contributed by atoms with Crippen LogP contribution < -0.4 is 0 Å². The Hall–Kier alpha value is -1.02. The predicted molar refractivity (Wildman–Crippen MR) is 61.8 cm³/mol. The molecule has 1 aromatic rings. The summed E-state index contributed by atoms with van der Waals surface area (Å²) < 4.78 is 0. The number of aromatic hydroxyl groups is 1. The number of rotatable bonds is 3. The van der Waals surface area contributed by atoms with Crippen LogP contribution in [0.15, 0.2) is 24.3 Å². The van der Waals surface area contributed by atoms with Crippen molar-refractivity contribution < 1.29 is 5.11 Å².